The number of hydroxylamine groups is 1. The average molecular weight is 417 g/mol. The van der Waals surface area contributed by atoms with Gasteiger partial charge in [0.2, 0.25) is 0 Å². The van der Waals surface area contributed by atoms with Crippen LogP contribution in [-0.4, -0.2) is 42.3 Å². The van der Waals surface area contributed by atoms with E-state index in [1.165, 1.54) is 23.8 Å². The van der Waals surface area contributed by atoms with Crippen LogP contribution in [0.4, 0.5) is 0 Å². The van der Waals surface area contributed by atoms with Gasteiger partial charge in [0.25, 0.3) is 5.91 Å². The molecule has 0 atom stereocenters. The zero-order valence-corrected chi connectivity index (χ0v) is 17.6. The number of rotatable bonds is 8. The van der Waals surface area contributed by atoms with Gasteiger partial charge in [-0.3, -0.25) is 14.9 Å². The molecule has 1 fully saturated rings. The lowest BCUT2D eigenvalue weighted by Gasteiger charge is -2.18. The molecule has 31 heavy (non-hydrogen) atoms. The van der Waals surface area contributed by atoms with Crippen LogP contribution in [0.15, 0.2) is 72.3 Å². The zero-order valence-electron chi connectivity index (χ0n) is 17.6. The summed E-state index contributed by atoms with van der Waals surface area (Å²) in [6.45, 7) is 3.81. The Morgan fingerprint density at radius 1 is 1.00 bits per heavy atom. The van der Waals surface area contributed by atoms with Gasteiger partial charge >= 0.3 is 0 Å². The Hall–Kier alpha value is -3.15. The number of carbonyl (C=O) groups is 1. The number of nitrogens with one attached hydrogen (secondary N) is 1. The Balaban J connectivity index is 1.46. The van der Waals surface area contributed by atoms with Gasteiger partial charge in [-0.25, -0.2) is 5.48 Å². The molecule has 0 aliphatic carbocycles. The molecule has 0 radical (unpaired) electrons. The van der Waals surface area contributed by atoms with Crippen LogP contribution >= 0.6 is 0 Å². The average Bonchev–Trinajstić information content (AvgIpc) is 3.32. The third-order valence-electron chi connectivity index (χ3n) is 5.70. The van der Waals surface area contributed by atoms with E-state index in [2.05, 4.69) is 29.2 Å². The fourth-order valence-electron chi connectivity index (χ4n) is 4.07. The number of likely N-dealkylation sites (tertiary alicyclic amines) is 1. The molecule has 3 aromatic rings. The van der Waals surface area contributed by atoms with Crippen molar-refractivity contribution in [1.29, 1.82) is 0 Å². The molecule has 2 N–H and O–H groups in total. The number of benzene rings is 3. The van der Waals surface area contributed by atoms with Gasteiger partial charge in [-0.2, -0.15) is 0 Å². The highest BCUT2D eigenvalue weighted by Crippen LogP contribution is 2.26. The van der Waals surface area contributed by atoms with Crippen LogP contribution in [0.1, 0.15) is 35.2 Å². The van der Waals surface area contributed by atoms with Crippen LogP contribution in [0, 0.1) is 0 Å². The lowest BCUT2D eigenvalue weighted by Crippen LogP contribution is -2.22. The third-order valence-corrected chi connectivity index (χ3v) is 5.70. The summed E-state index contributed by atoms with van der Waals surface area (Å²) < 4.78 is 6.18. The van der Waals surface area contributed by atoms with Crippen molar-refractivity contribution < 1.29 is 14.7 Å². The number of ether oxygens (including phenoxy) is 1. The second-order valence-electron chi connectivity index (χ2n) is 7.92. The molecular formula is C26H28N2O3. The van der Waals surface area contributed by atoms with E-state index in [0.717, 1.165) is 42.8 Å². The summed E-state index contributed by atoms with van der Waals surface area (Å²) in [5, 5.41) is 11.1. The van der Waals surface area contributed by atoms with Crippen molar-refractivity contribution >= 4 is 22.8 Å². The SMILES string of the molecule is O=C(NO)c1ccc(C=C(CCOc2cccc3ccccc23)CN2CCCC2)cc1. The van der Waals surface area contributed by atoms with Crippen molar-refractivity contribution in [2.75, 3.05) is 26.2 Å². The molecule has 3 aromatic carbocycles. The van der Waals surface area contributed by atoms with Gasteiger partial charge in [0.1, 0.15) is 5.75 Å². The molecule has 0 saturated carbocycles. The van der Waals surface area contributed by atoms with Gasteiger partial charge in [-0.05, 0) is 55.1 Å². The van der Waals surface area contributed by atoms with Gasteiger partial charge in [-0.15, -0.1) is 0 Å². The minimum absolute atomic E-state index is 0.431. The first-order valence-corrected chi connectivity index (χ1v) is 10.8. The summed E-state index contributed by atoms with van der Waals surface area (Å²) in [6.07, 6.45) is 5.53. The molecule has 0 bridgehead atoms. The van der Waals surface area contributed by atoms with E-state index in [0.29, 0.717) is 12.2 Å². The number of fused-ring (bicyclic) bond motifs is 1. The summed E-state index contributed by atoms with van der Waals surface area (Å²) in [7, 11) is 0. The smallest absolute Gasteiger partial charge is 0.274 e. The van der Waals surface area contributed by atoms with Crippen molar-refractivity contribution in [2.24, 2.45) is 0 Å². The molecule has 4 rings (SSSR count). The third kappa shape index (κ3) is 5.51. The van der Waals surface area contributed by atoms with E-state index >= 15 is 0 Å². The highest BCUT2D eigenvalue weighted by molar-refractivity contribution is 5.93. The fourth-order valence-corrected chi connectivity index (χ4v) is 4.07. The van der Waals surface area contributed by atoms with Crippen molar-refractivity contribution in [3.8, 4) is 5.75 Å². The summed E-state index contributed by atoms with van der Waals surface area (Å²) >= 11 is 0. The van der Waals surface area contributed by atoms with Gasteiger partial charge < -0.3 is 4.74 Å². The fraction of sp³-hybridized carbons (Fsp3) is 0.269. The molecule has 1 aliphatic rings. The van der Waals surface area contributed by atoms with E-state index in [1.54, 1.807) is 17.6 Å². The monoisotopic (exact) mass is 416 g/mol. The lowest BCUT2D eigenvalue weighted by molar-refractivity contribution is 0.0706. The van der Waals surface area contributed by atoms with Gasteiger partial charge in [-0.1, -0.05) is 60.2 Å². The molecule has 1 amide bonds. The molecule has 1 heterocycles. The highest BCUT2D eigenvalue weighted by Gasteiger charge is 2.14. The molecule has 1 aliphatic heterocycles. The topological polar surface area (TPSA) is 61.8 Å². The Kier molecular flexibility index (Phi) is 6.97. The van der Waals surface area contributed by atoms with Crippen LogP contribution in [-0.2, 0) is 0 Å². The maximum Gasteiger partial charge on any atom is 0.274 e. The number of hydrogen-bond acceptors (Lipinski definition) is 4. The predicted octanol–water partition coefficient (Wildman–Crippen LogP) is 4.91. The Bertz CT molecular complexity index is 1050. The number of hydrogen-bond donors (Lipinski definition) is 2. The molecule has 1 saturated heterocycles. The minimum Gasteiger partial charge on any atom is -0.493 e. The standard InChI is InChI=1S/C26H28N2O3/c29-26(27-30)23-12-10-20(11-13-23)18-21(19-28-15-3-4-16-28)14-17-31-25-9-5-7-22-6-1-2-8-24(22)25/h1-2,5-13,18,30H,3-4,14-17,19H2,(H,27,29). The summed E-state index contributed by atoms with van der Waals surface area (Å²) in [4.78, 5) is 14.0. The van der Waals surface area contributed by atoms with Crippen LogP contribution in [0.5, 0.6) is 5.75 Å². The van der Waals surface area contributed by atoms with Gasteiger partial charge in [0.05, 0.1) is 6.61 Å². The van der Waals surface area contributed by atoms with Crippen molar-refractivity contribution in [3.63, 3.8) is 0 Å². The first-order valence-electron chi connectivity index (χ1n) is 10.8. The van der Waals surface area contributed by atoms with E-state index in [9.17, 15) is 4.79 Å². The van der Waals surface area contributed by atoms with Crippen molar-refractivity contribution in [1.82, 2.24) is 10.4 Å². The molecule has 160 valence electrons. The van der Waals surface area contributed by atoms with Crippen molar-refractivity contribution in [2.45, 2.75) is 19.3 Å². The molecule has 5 heteroatoms. The molecule has 0 aromatic heterocycles. The normalized spacial score (nSPS) is 14.7. The number of amides is 1. The van der Waals surface area contributed by atoms with E-state index < -0.39 is 5.91 Å². The summed E-state index contributed by atoms with van der Waals surface area (Å²) in [5.41, 5.74) is 4.44. The maximum atomic E-state index is 11.5. The second-order valence-corrected chi connectivity index (χ2v) is 7.92. The first kappa shape index (κ1) is 21.1. The number of nitrogens with zero attached hydrogens (tertiary/aromatic N) is 1. The van der Waals surface area contributed by atoms with Crippen LogP contribution in [0.25, 0.3) is 16.8 Å². The molecule has 0 unspecified atom stereocenters. The molecule has 0 spiro atoms. The van der Waals surface area contributed by atoms with Gasteiger partial charge in [0.15, 0.2) is 0 Å². The molecular weight excluding hydrogens is 388 g/mol. The van der Waals surface area contributed by atoms with Crippen molar-refractivity contribution in [3.05, 3.63) is 83.4 Å². The Morgan fingerprint density at radius 2 is 1.74 bits per heavy atom. The predicted molar refractivity (Wildman–Crippen MR) is 123 cm³/mol. The highest BCUT2D eigenvalue weighted by atomic mass is 16.5. The second kappa shape index (κ2) is 10.2. The Labute approximate surface area is 182 Å². The lowest BCUT2D eigenvalue weighted by atomic mass is 10.1. The largest absolute Gasteiger partial charge is 0.493 e. The zero-order chi connectivity index (χ0) is 21.5. The van der Waals surface area contributed by atoms with E-state index in [1.807, 2.05) is 36.4 Å². The summed E-state index contributed by atoms with van der Waals surface area (Å²) in [6, 6.07) is 21.7. The van der Waals surface area contributed by atoms with E-state index in [-0.39, 0.29) is 0 Å². The van der Waals surface area contributed by atoms with Crippen LogP contribution in [0.3, 0.4) is 0 Å². The van der Waals surface area contributed by atoms with Crippen LogP contribution < -0.4 is 10.2 Å². The van der Waals surface area contributed by atoms with Crippen LogP contribution in [0.2, 0.25) is 0 Å². The molecule has 5 nitrogen and oxygen atoms in total. The quantitative estimate of drug-likeness (QED) is 0.405. The van der Waals surface area contributed by atoms with Gasteiger partial charge in [0, 0.05) is 23.9 Å². The maximum absolute atomic E-state index is 11.5. The van der Waals surface area contributed by atoms with E-state index in [4.69, 9.17) is 9.94 Å². The minimum atomic E-state index is -0.503. The Morgan fingerprint density at radius 3 is 2.52 bits per heavy atom. The number of carbonyl (C=O) groups excluding carboxylic acids is 1. The first-order chi connectivity index (χ1) is 15.2. The summed E-state index contributed by atoms with van der Waals surface area (Å²) in [5.74, 6) is 0.411.